The molecule has 7 nitrogen and oxygen atoms in total. The number of aryl methyl sites for hydroxylation is 1. The van der Waals surface area contributed by atoms with Crippen molar-refractivity contribution in [3.05, 3.63) is 89.8 Å². The lowest BCUT2D eigenvalue weighted by atomic mass is 10.1. The van der Waals surface area contributed by atoms with E-state index in [1.807, 2.05) is 73.7 Å². The lowest BCUT2D eigenvalue weighted by Gasteiger charge is -2.26. The predicted octanol–water partition coefficient (Wildman–Crippen LogP) is 5.22. The first kappa shape index (κ1) is 23.4. The van der Waals surface area contributed by atoms with Gasteiger partial charge in [-0.05, 0) is 37.6 Å². The van der Waals surface area contributed by atoms with Gasteiger partial charge >= 0.3 is 0 Å². The van der Waals surface area contributed by atoms with Crippen molar-refractivity contribution in [2.24, 2.45) is 0 Å². The van der Waals surface area contributed by atoms with Gasteiger partial charge in [-0.15, -0.1) is 0 Å². The van der Waals surface area contributed by atoms with E-state index < -0.39 is 15.9 Å². The summed E-state index contributed by atoms with van der Waals surface area (Å²) >= 11 is 1.48. The molecule has 2 aromatic heterocycles. The highest BCUT2D eigenvalue weighted by atomic mass is 32.2. The summed E-state index contributed by atoms with van der Waals surface area (Å²) in [7, 11) is -3.20. The molecule has 1 aliphatic rings. The van der Waals surface area contributed by atoms with Crippen LogP contribution in [0.5, 0.6) is 0 Å². The minimum atomic E-state index is -3.20. The molecule has 1 fully saturated rings. The third-order valence-electron chi connectivity index (χ3n) is 5.90. The van der Waals surface area contributed by atoms with Crippen LogP contribution in [0.15, 0.2) is 91.7 Å². The number of nitrogens with zero attached hydrogens (tertiary/aromatic N) is 2. The number of benzene rings is 2. The molecule has 1 aliphatic heterocycles. The van der Waals surface area contributed by atoms with E-state index >= 15 is 0 Å². The summed E-state index contributed by atoms with van der Waals surface area (Å²) in [5.41, 5.74) is 2.06. The highest BCUT2D eigenvalue weighted by Gasteiger charge is 2.36. The topological polar surface area (TPSA) is 93.6 Å². The van der Waals surface area contributed by atoms with Crippen LogP contribution in [0.1, 0.15) is 28.2 Å². The van der Waals surface area contributed by atoms with Crippen LogP contribution in [0, 0.1) is 6.92 Å². The largest absolute Gasteiger partial charge is 0.453 e. The molecule has 0 unspecified atom stereocenters. The molecule has 1 amide bonds. The monoisotopic (exact) mass is 508 g/mol. The Morgan fingerprint density at radius 2 is 1.86 bits per heavy atom. The summed E-state index contributed by atoms with van der Waals surface area (Å²) in [6, 6.07) is 22.4. The average molecular weight is 509 g/mol. The van der Waals surface area contributed by atoms with Crippen molar-refractivity contribution >= 4 is 27.5 Å². The van der Waals surface area contributed by atoms with Gasteiger partial charge in [0.25, 0.3) is 5.91 Å². The number of aromatic nitrogens is 1. The minimum Gasteiger partial charge on any atom is -0.453 e. The fraction of sp³-hybridized carbons (Fsp3) is 0.231. The highest BCUT2D eigenvalue weighted by Crippen LogP contribution is 2.31. The van der Waals surface area contributed by atoms with Gasteiger partial charge < -0.3 is 13.8 Å². The number of sulfone groups is 1. The number of hydrogen-bond acceptors (Lipinski definition) is 7. The van der Waals surface area contributed by atoms with Crippen LogP contribution in [0.25, 0.3) is 11.3 Å². The number of carbonyl (C=O) groups is 1. The van der Waals surface area contributed by atoms with Gasteiger partial charge in [0.15, 0.2) is 26.4 Å². The Bertz CT molecular complexity index is 1430. The molecule has 0 saturated carbocycles. The van der Waals surface area contributed by atoms with E-state index in [1.165, 1.54) is 16.7 Å². The molecule has 0 spiro atoms. The normalized spacial score (nSPS) is 16.9. The van der Waals surface area contributed by atoms with Crippen LogP contribution in [0.2, 0.25) is 0 Å². The fourth-order valence-corrected chi connectivity index (χ4v) is 6.58. The van der Waals surface area contributed by atoms with Crippen molar-refractivity contribution in [2.75, 3.05) is 11.5 Å². The van der Waals surface area contributed by atoms with Crippen molar-refractivity contribution < 1.29 is 22.2 Å². The molecule has 9 heteroatoms. The van der Waals surface area contributed by atoms with Crippen LogP contribution >= 0.6 is 11.8 Å². The zero-order valence-corrected chi connectivity index (χ0v) is 20.7. The van der Waals surface area contributed by atoms with Crippen molar-refractivity contribution in [3.63, 3.8) is 0 Å². The van der Waals surface area contributed by atoms with E-state index in [0.29, 0.717) is 23.0 Å². The second kappa shape index (κ2) is 9.75. The molecule has 5 rings (SSSR count). The van der Waals surface area contributed by atoms with Gasteiger partial charge in [-0.25, -0.2) is 8.42 Å². The zero-order chi connectivity index (χ0) is 24.4. The molecule has 3 heterocycles. The lowest BCUT2D eigenvalue weighted by Crippen LogP contribution is -2.40. The summed E-state index contributed by atoms with van der Waals surface area (Å²) in [5, 5.41) is 4.69. The van der Waals surface area contributed by atoms with Gasteiger partial charge in [0.05, 0.1) is 18.1 Å². The van der Waals surface area contributed by atoms with Crippen LogP contribution in [0.4, 0.5) is 0 Å². The first-order chi connectivity index (χ1) is 16.9. The third-order valence-corrected chi connectivity index (χ3v) is 8.58. The highest BCUT2D eigenvalue weighted by molar-refractivity contribution is 7.99. The molecular formula is C26H24N2O5S2. The Morgan fingerprint density at radius 3 is 2.57 bits per heavy atom. The number of amides is 1. The summed E-state index contributed by atoms with van der Waals surface area (Å²) in [6.07, 6.45) is 0.378. The predicted molar refractivity (Wildman–Crippen MR) is 133 cm³/mol. The molecule has 4 aromatic rings. The summed E-state index contributed by atoms with van der Waals surface area (Å²) in [4.78, 5) is 16.1. The van der Waals surface area contributed by atoms with Crippen LogP contribution in [-0.4, -0.2) is 41.9 Å². The number of rotatable bonds is 7. The quantitative estimate of drug-likeness (QED) is 0.338. The maximum Gasteiger partial charge on any atom is 0.276 e. The van der Waals surface area contributed by atoms with Gasteiger partial charge in [-0.3, -0.25) is 4.79 Å². The molecule has 2 aromatic carbocycles. The number of carbonyl (C=O) groups excluding carboxylic acids is 1. The standard InChI is InChI=1S/C26H24N2O5S2/c1-18-7-9-19(10-8-18)24-15-23(27-33-24)26(29)28(20-13-14-35(30,31)17-20)16-21-11-12-25(32-21)34-22-5-3-2-4-6-22/h2-12,15,20H,13-14,16-17H2,1H3/t20-/m0/s1. The molecule has 0 aliphatic carbocycles. The second-order valence-corrected chi connectivity index (χ2v) is 11.9. The lowest BCUT2D eigenvalue weighted by molar-refractivity contribution is 0.0653. The summed E-state index contributed by atoms with van der Waals surface area (Å²) in [6.45, 7) is 2.13. The number of hydrogen-bond donors (Lipinski definition) is 0. The van der Waals surface area contributed by atoms with E-state index in [4.69, 9.17) is 8.94 Å². The first-order valence-corrected chi connectivity index (χ1v) is 13.9. The van der Waals surface area contributed by atoms with Gasteiger partial charge in [-0.1, -0.05) is 64.9 Å². The van der Waals surface area contributed by atoms with Gasteiger partial charge in [0, 0.05) is 22.6 Å². The van der Waals surface area contributed by atoms with E-state index in [-0.39, 0.29) is 29.7 Å². The smallest absolute Gasteiger partial charge is 0.276 e. The fourth-order valence-electron chi connectivity index (χ4n) is 4.04. The van der Waals surface area contributed by atoms with Crippen LogP contribution < -0.4 is 0 Å². The zero-order valence-electron chi connectivity index (χ0n) is 19.1. The van der Waals surface area contributed by atoms with Gasteiger partial charge in [-0.2, -0.15) is 0 Å². The Balaban J connectivity index is 1.38. The van der Waals surface area contributed by atoms with E-state index in [0.717, 1.165) is 16.0 Å². The van der Waals surface area contributed by atoms with E-state index in [9.17, 15) is 13.2 Å². The van der Waals surface area contributed by atoms with E-state index in [1.54, 1.807) is 6.07 Å². The summed E-state index contributed by atoms with van der Waals surface area (Å²) in [5.74, 6) is 0.647. The summed E-state index contributed by atoms with van der Waals surface area (Å²) < 4.78 is 35.8. The second-order valence-electron chi connectivity index (χ2n) is 8.57. The van der Waals surface area contributed by atoms with Gasteiger partial charge in [0.1, 0.15) is 5.76 Å². The molecule has 35 heavy (non-hydrogen) atoms. The molecule has 0 bridgehead atoms. The van der Waals surface area contributed by atoms with Crippen molar-refractivity contribution in [2.45, 2.75) is 35.9 Å². The van der Waals surface area contributed by atoms with E-state index in [2.05, 4.69) is 5.16 Å². The van der Waals surface area contributed by atoms with Crippen molar-refractivity contribution in [1.82, 2.24) is 10.1 Å². The molecule has 1 saturated heterocycles. The van der Waals surface area contributed by atoms with Crippen molar-refractivity contribution in [1.29, 1.82) is 0 Å². The molecule has 180 valence electrons. The number of furan rings is 1. The van der Waals surface area contributed by atoms with Gasteiger partial charge in [0.2, 0.25) is 0 Å². The maximum absolute atomic E-state index is 13.5. The molecule has 1 atom stereocenters. The molecular weight excluding hydrogens is 484 g/mol. The Morgan fingerprint density at radius 1 is 1.09 bits per heavy atom. The average Bonchev–Trinajstić information content (AvgIpc) is 3.58. The Hall–Kier alpha value is -3.30. The first-order valence-electron chi connectivity index (χ1n) is 11.2. The maximum atomic E-state index is 13.5. The minimum absolute atomic E-state index is 0.0577. The molecule has 0 radical (unpaired) electrons. The van der Waals surface area contributed by atoms with Crippen LogP contribution in [0.3, 0.4) is 0 Å². The molecule has 0 N–H and O–H groups in total. The Kier molecular flexibility index (Phi) is 6.53. The van der Waals surface area contributed by atoms with Crippen LogP contribution in [-0.2, 0) is 16.4 Å². The van der Waals surface area contributed by atoms with Crippen molar-refractivity contribution in [3.8, 4) is 11.3 Å². The Labute approximate surface area is 208 Å². The third kappa shape index (κ3) is 5.52. The SMILES string of the molecule is Cc1ccc(-c2cc(C(=O)N(Cc3ccc(Sc4ccccc4)o3)[C@H]3CCS(=O)(=O)C3)no2)cc1.